The largest absolute Gasteiger partial charge is 0.313 e. The molecule has 0 unspecified atom stereocenters. The molecule has 1 aromatic heterocycles. The van der Waals surface area contributed by atoms with Crippen LogP contribution >= 0.6 is 0 Å². The van der Waals surface area contributed by atoms with E-state index in [1.165, 1.54) is 12.4 Å². The van der Waals surface area contributed by atoms with Crippen molar-refractivity contribution >= 4 is 0 Å². The molecule has 1 heterocycles. The summed E-state index contributed by atoms with van der Waals surface area (Å²) in [6.45, 7) is 2.04. The average Bonchev–Trinajstić information content (AvgIpc) is 2.29. The van der Waals surface area contributed by atoms with Crippen LogP contribution in [-0.2, 0) is 0 Å². The Balaban J connectivity index is 2.37. The van der Waals surface area contributed by atoms with Crippen LogP contribution in [0.4, 0.5) is 0 Å². The SMILES string of the molecule is C[C@H](c1ccccc1)c1cc(=O)[nH]cn1. The Morgan fingerprint density at radius 2 is 2.00 bits per heavy atom. The van der Waals surface area contributed by atoms with Gasteiger partial charge in [-0.15, -0.1) is 0 Å². The Labute approximate surface area is 87.8 Å². The number of H-pyrrole nitrogens is 1. The molecule has 2 rings (SSSR count). The molecule has 0 aliphatic rings. The maximum Gasteiger partial charge on any atom is 0.250 e. The van der Waals surface area contributed by atoms with Crippen molar-refractivity contribution in [3.05, 3.63) is 64.3 Å². The van der Waals surface area contributed by atoms with Gasteiger partial charge in [0, 0.05) is 12.0 Å². The minimum absolute atomic E-state index is 0.109. The summed E-state index contributed by atoms with van der Waals surface area (Å²) in [7, 11) is 0. The topological polar surface area (TPSA) is 45.8 Å². The Kier molecular flexibility index (Phi) is 2.63. The second-order valence-corrected chi connectivity index (χ2v) is 3.47. The van der Waals surface area contributed by atoms with E-state index in [2.05, 4.69) is 9.97 Å². The summed E-state index contributed by atoms with van der Waals surface area (Å²) in [5.74, 6) is 0.147. The van der Waals surface area contributed by atoms with Crippen LogP contribution in [0, 0.1) is 0 Å². The Hall–Kier alpha value is -1.90. The second-order valence-electron chi connectivity index (χ2n) is 3.47. The Bertz CT molecular complexity index is 490. The number of benzene rings is 1. The maximum absolute atomic E-state index is 11.1. The smallest absolute Gasteiger partial charge is 0.250 e. The van der Waals surface area contributed by atoms with E-state index in [0.717, 1.165) is 11.3 Å². The first kappa shape index (κ1) is 9.65. The predicted octanol–water partition coefficient (Wildman–Crippen LogP) is 1.92. The van der Waals surface area contributed by atoms with E-state index in [0.29, 0.717) is 0 Å². The molecule has 0 amide bonds. The minimum atomic E-state index is -0.109. The van der Waals surface area contributed by atoms with Gasteiger partial charge < -0.3 is 4.98 Å². The van der Waals surface area contributed by atoms with Crippen LogP contribution < -0.4 is 5.56 Å². The van der Waals surface area contributed by atoms with E-state index < -0.39 is 0 Å². The highest BCUT2D eigenvalue weighted by atomic mass is 16.1. The zero-order valence-electron chi connectivity index (χ0n) is 8.47. The highest BCUT2D eigenvalue weighted by molar-refractivity contribution is 5.26. The van der Waals surface area contributed by atoms with Gasteiger partial charge in [0.25, 0.3) is 5.56 Å². The second kappa shape index (κ2) is 4.09. The summed E-state index contributed by atoms with van der Waals surface area (Å²) in [4.78, 5) is 17.8. The third-order valence-electron chi connectivity index (χ3n) is 2.44. The van der Waals surface area contributed by atoms with Crippen LogP contribution in [0.1, 0.15) is 24.1 Å². The summed E-state index contributed by atoms with van der Waals surface area (Å²) in [5, 5.41) is 0. The summed E-state index contributed by atoms with van der Waals surface area (Å²) >= 11 is 0. The summed E-state index contributed by atoms with van der Waals surface area (Å²) < 4.78 is 0. The quantitative estimate of drug-likeness (QED) is 0.805. The minimum Gasteiger partial charge on any atom is -0.313 e. The van der Waals surface area contributed by atoms with Crippen molar-refractivity contribution in [1.82, 2.24) is 9.97 Å². The Morgan fingerprint density at radius 3 is 2.67 bits per heavy atom. The van der Waals surface area contributed by atoms with E-state index >= 15 is 0 Å². The molecule has 1 atom stereocenters. The van der Waals surface area contributed by atoms with Gasteiger partial charge in [-0.25, -0.2) is 4.98 Å². The molecular formula is C12H12N2O. The van der Waals surface area contributed by atoms with E-state index in [9.17, 15) is 4.79 Å². The molecule has 76 valence electrons. The van der Waals surface area contributed by atoms with Crippen LogP contribution in [0.25, 0.3) is 0 Å². The van der Waals surface area contributed by atoms with Gasteiger partial charge in [-0.2, -0.15) is 0 Å². The van der Waals surface area contributed by atoms with Crippen LogP contribution in [0.15, 0.2) is 47.5 Å². The first-order valence-electron chi connectivity index (χ1n) is 4.87. The monoisotopic (exact) mass is 200 g/mol. The summed E-state index contributed by atoms with van der Waals surface area (Å²) in [6.07, 6.45) is 1.44. The molecule has 3 nitrogen and oxygen atoms in total. The number of nitrogens with one attached hydrogen (secondary N) is 1. The number of aromatic amines is 1. The van der Waals surface area contributed by atoms with Crippen molar-refractivity contribution in [2.75, 3.05) is 0 Å². The molecule has 0 saturated carbocycles. The van der Waals surface area contributed by atoms with Crippen molar-refractivity contribution in [3.63, 3.8) is 0 Å². The molecule has 0 radical (unpaired) electrons. The van der Waals surface area contributed by atoms with Gasteiger partial charge in [0.1, 0.15) is 0 Å². The first-order chi connectivity index (χ1) is 7.27. The van der Waals surface area contributed by atoms with Crippen molar-refractivity contribution in [3.8, 4) is 0 Å². The van der Waals surface area contributed by atoms with Crippen molar-refractivity contribution in [2.45, 2.75) is 12.8 Å². The molecule has 1 N–H and O–H groups in total. The summed E-state index contributed by atoms with van der Waals surface area (Å²) in [6, 6.07) is 11.6. The number of rotatable bonds is 2. The average molecular weight is 200 g/mol. The fourth-order valence-electron chi connectivity index (χ4n) is 1.53. The van der Waals surface area contributed by atoms with Crippen LogP contribution in [0.5, 0.6) is 0 Å². The van der Waals surface area contributed by atoms with Crippen molar-refractivity contribution < 1.29 is 0 Å². The molecule has 0 spiro atoms. The summed E-state index contributed by atoms with van der Waals surface area (Å²) in [5.41, 5.74) is 1.85. The van der Waals surface area contributed by atoms with Crippen LogP contribution in [0.2, 0.25) is 0 Å². The van der Waals surface area contributed by atoms with Gasteiger partial charge in [-0.05, 0) is 5.56 Å². The molecule has 0 bridgehead atoms. The lowest BCUT2D eigenvalue weighted by Crippen LogP contribution is -2.09. The molecule has 0 aliphatic carbocycles. The lowest BCUT2D eigenvalue weighted by Gasteiger charge is -2.09. The van der Waals surface area contributed by atoms with Gasteiger partial charge in [0.2, 0.25) is 0 Å². The van der Waals surface area contributed by atoms with Crippen molar-refractivity contribution in [2.24, 2.45) is 0 Å². The molecule has 3 heteroatoms. The van der Waals surface area contributed by atoms with Gasteiger partial charge in [-0.3, -0.25) is 4.79 Å². The predicted molar refractivity (Wildman–Crippen MR) is 58.8 cm³/mol. The zero-order chi connectivity index (χ0) is 10.7. The lowest BCUT2D eigenvalue weighted by molar-refractivity contribution is 0.853. The highest BCUT2D eigenvalue weighted by Crippen LogP contribution is 2.20. The van der Waals surface area contributed by atoms with Gasteiger partial charge in [-0.1, -0.05) is 37.3 Å². The van der Waals surface area contributed by atoms with Gasteiger partial charge >= 0.3 is 0 Å². The third kappa shape index (κ3) is 2.13. The van der Waals surface area contributed by atoms with Crippen molar-refractivity contribution in [1.29, 1.82) is 0 Å². The number of nitrogens with zero attached hydrogens (tertiary/aromatic N) is 1. The van der Waals surface area contributed by atoms with Crippen LogP contribution in [-0.4, -0.2) is 9.97 Å². The van der Waals surface area contributed by atoms with E-state index in [4.69, 9.17) is 0 Å². The molecular weight excluding hydrogens is 188 g/mol. The van der Waals surface area contributed by atoms with Gasteiger partial charge in [0.15, 0.2) is 0 Å². The van der Waals surface area contributed by atoms with E-state index in [1.807, 2.05) is 37.3 Å². The number of aromatic nitrogens is 2. The van der Waals surface area contributed by atoms with E-state index in [1.54, 1.807) is 0 Å². The first-order valence-corrected chi connectivity index (χ1v) is 4.87. The fourth-order valence-corrected chi connectivity index (χ4v) is 1.53. The zero-order valence-corrected chi connectivity index (χ0v) is 8.47. The molecule has 1 aromatic carbocycles. The fraction of sp³-hybridized carbons (Fsp3) is 0.167. The molecule has 15 heavy (non-hydrogen) atoms. The standard InChI is InChI=1S/C12H12N2O/c1-9(10-5-3-2-4-6-10)11-7-12(15)14-8-13-11/h2-9H,1H3,(H,13,14,15)/t9-/m1/s1. The number of hydrogen-bond acceptors (Lipinski definition) is 2. The maximum atomic E-state index is 11.1. The normalized spacial score (nSPS) is 12.3. The molecule has 2 aromatic rings. The number of hydrogen-bond donors (Lipinski definition) is 1. The molecule has 0 saturated heterocycles. The molecule has 0 fully saturated rings. The van der Waals surface area contributed by atoms with E-state index in [-0.39, 0.29) is 11.5 Å². The highest BCUT2D eigenvalue weighted by Gasteiger charge is 2.09. The van der Waals surface area contributed by atoms with Crippen LogP contribution in [0.3, 0.4) is 0 Å². The van der Waals surface area contributed by atoms with Gasteiger partial charge in [0.05, 0.1) is 12.0 Å². The Morgan fingerprint density at radius 1 is 1.27 bits per heavy atom. The third-order valence-corrected chi connectivity index (χ3v) is 2.44. The lowest BCUT2D eigenvalue weighted by atomic mass is 9.98. The molecule has 0 aliphatic heterocycles.